The van der Waals surface area contributed by atoms with E-state index in [0.29, 0.717) is 5.41 Å². The molecule has 0 saturated heterocycles. The highest BCUT2D eigenvalue weighted by molar-refractivity contribution is 4.85. The molecule has 1 aliphatic rings. The van der Waals surface area contributed by atoms with E-state index in [-0.39, 0.29) is 0 Å². The Morgan fingerprint density at radius 3 is 2.06 bits per heavy atom. The molecule has 0 aliphatic heterocycles. The van der Waals surface area contributed by atoms with Crippen LogP contribution in [0.15, 0.2) is 0 Å². The lowest BCUT2D eigenvalue weighted by molar-refractivity contribution is 0.144. The molecule has 16 heavy (non-hydrogen) atoms. The van der Waals surface area contributed by atoms with E-state index in [1.807, 2.05) is 0 Å². The van der Waals surface area contributed by atoms with E-state index in [2.05, 4.69) is 33.0 Å². The van der Waals surface area contributed by atoms with Gasteiger partial charge in [-0.1, -0.05) is 47.0 Å². The molecule has 0 aromatic heterocycles. The van der Waals surface area contributed by atoms with E-state index >= 15 is 0 Å². The molecule has 0 amide bonds. The average molecular weight is 225 g/mol. The van der Waals surface area contributed by atoms with Crippen LogP contribution in [-0.2, 0) is 0 Å². The summed E-state index contributed by atoms with van der Waals surface area (Å²) in [5.41, 5.74) is 0.626. The normalized spacial score (nSPS) is 20.6. The van der Waals surface area contributed by atoms with Gasteiger partial charge in [0, 0.05) is 6.54 Å². The molecule has 0 bridgehead atoms. The summed E-state index contributed by atoms with van der Waals surface area (Å²) in [5.74, 6) is 1.62. The summed E-state index contributed by atoms with van der Waals surface area (Å²) >= 11 is 0. The number of nitrogens with one attached hydrogen (secondary N) is 1. The Balaban J connectivity index is 2.42. The molecule has 0 unspecified atom stereocenters. The topological polar surface area (TPSA) is 12.0 Å². The fraction of sp³-hybridized carbons (Fsp3) is 1.00. The van der Waals surface area contributed by atoms with Gasteiger partial charge in [-0.05, 0) is 43.1 Å². The summed E-state index contributed by atoms with van der Waals surface area (Å²) in [6, 6.07) is 0. The molecule has 0 radical (unpaired) electrons. The van der Waals surface area contributed by atoms with Gasteiger partial charge >= 0.3 is 0 Å². The molecule has 0 aromatic rings. The molecular formula is C15H31N. The van der Waals surface area contributed by atoms with Crippen LogP contribution in [0.5, 0.6) is 0 Å². The first-order chi connectivity index (χ1) is 7.54. The van der Waals surface area contributed by atoms with Crippen molar-refractivity contribution in [2.24, 2.45) is 17.3 Å². The highest BCUT2D eigenvalue weighted by Crippen LogP contribution is 2.40. The van der Waals surface area contributed by atoms with Gasteiger partial charge in [0.05, 0.1) is 0 Å². The third kappa shape index (κ3) is 4.86. The van der Waals surface area contributed by atoms with Gasteiger partial charge in [0.2, 0.25) is 0 Å². The fourth-order valence-corrected chi connectivity index (χ4v) is 3.25. The van der Waals surface area contributed by atoms with Crippen molar-refractivity contribution in [3.63, 3.8) is 0 Å². The van der Waals surface area contributed by atoms with E-state index in [9.17, 15) is 0 Å². The third-order valence-electron chi connectivity index (χ3n) is 3.81. The SMILES string of the molecule is CC(C)CNCC1(CC(C)C)CCCCC1. The minimum atomic E-state index is 0.626. The Bertz CT molecular complexity index is 178. The van der Waals surface area contributed by atoms with Crippen LogP contribution in [0, 0.1) is 17.3 Å². The first-order valence-corrected chi connectivity index (χ1v) is 7.25. The quantitative estimate of drug-likeness (QED) is 0.713. The highest BCUT2D eigenvalue weighted by Gasteiger charge is 2.32. The smallest absolute Gasteiger partial charge is 0.000802 e. The van der Waals surface area contributed by atoms with E-state index in [1.54, 1.807) is 0 Å². The molecule has 0 aromatic carbocycles. The van der Waals surface area contributed by atoms with Crippen LogP contribution >= 0.6 is 0 Å². The second kappa shape index (κ2) is 6.64. The van der Waals surface area contributed by atoms with Crippen LogP contribution in [0.1, 0.15) is 66.2 Å². The standard InChI is InChI=1S/C15H31N/c1-13(2)10-15(8-6-5-7-9-15)12-16-11-14(3)4/h13-14,16H,5-12H2,1-4H3. The van der Waals surface area contributed by atoms with Crippen LogP contribution < -0.4 is 5.32 Å². The predicted molar refractivity (Wildman–Crippen MR) is 72.7 cm³/mol. The maximum atomic E-state index is 3.70. The molecule has 1 saturated carbocycles. The van der Waals surface area contributed by atoms with Crippen molar-refractivity contribution in [1.82, 2.24) is 5.32 Å². The van der Waals surface area contributed by atoms with Crippen molar-refractivity contribution < 1.29 is 0 Å². The van der Waals surface area contributed by atoms with Gasteiger partial charge in [-0.2, -0.15) is 0 Å². The van der Waals surface area contributed by atoms with E-state index in [0.717, 1.165) is 11.8 Å². The van der Waals surface area contributed by atoms with Crippen LogP contribution in [0.4, 0.5) is 0 Å². The summed E-state index contributed by atoms with van der Waals surface area (Å²) in [6.45, 7) is 11.8. The first-order valence-electron chi connectivity index (χ1n) is 7.25. The van der Waals surface area contributed by atoms with Crippen molar-refractivity contribution in [2.45, 2.75) is 66.2 Å². The molecule has 1 N–H and O–H groups in total. The van der Waals surface area contributed by atoms with Crippen LogP contribution in [0.3, 0.4) is 0 Å². The zero-order valence-electron chi connectivity index (χ0n) is 11.8. The zero-order valence-corrected chi connectivity index (χ0v) is 11.8. The van der Waals surface area contributed by atoms with Crippen molar-refractivity contribution in [3.05, 3.63) is 0 Å². The molecule has 96 valence electrons. The average Bonchev–Trinajstić information content (AvgIpc) is 2.17. The Kier molecular flexibility index (Phi) is 5.82. The second-order valence-electron chi connectivity index (χ2n) is 6.68. The number of rotatable bonds is 6. The van der Waals surface area contributed by atoms with Gasteiger partial charge in [0.15, 0.2) is 0 Å². The lowest BCUT2D eigenvalue weighted by Gasteiger charge is -2.39. The van der Waals surface area contributed by atoms with E-state index < -0.39 is 0 Å². The van der Waals surface area contributed by atoms with Crippen LogP contribution in [0.2, 0.25) is 0 Å². The van der Waals surface area contributed by atoms with E-state index in [4.69, 9.17) is 0 Å². The largest absolute Gasteiger partial charge is 0.316 e. The summed E-state index contributed by atoms with van der Waals surface area (Å²) in [7, 11) is 0. The Hall–Kier alpha value is -0.0400. The lowest BCUT2D eigenvalue weighted by atomic mass is 9.69. The summed E-state index contributed by atoms with van der Waals surface area (Å²) in [5, 5.41) is 3.70. The molecule has 0 heterocycles. The monoisotopic (exact) mass is 225 g/mol. The van der Waals surface area contributed by atoms with Crippen LogP contribution in [0.25, 0.3) is 0 Å². The van der Waals surface area contributed by atoms with Crippen molar-refractivity contribution >= 4 is 0 Å². The molecule has 1 rings (SSSR count). The van der Waals surface area contributed by atoms with Gasteiger partial charge in [0.25, 0.3) is 0 Å². The summed E-state index contributed by atoms with van der Waals surface area (Å²) in [6.07, 6.45) is 8.70. The molecular weight excluding hydrogens is 194 g/mol. The molecule has 1 nitrogen and oxygen atoms in total. The molecule has 1 fully saturated rings. The molecule has 1 aliphatic carbocycles. The third-order valence-corrected chi connectivity index (χ3v) is 3.81. The van der Waals surface area contributed by atoms with Gasteiger partial charge in [-0.15, -0.1) is 0 Å². The Labute approximate surface area is 102 Å². The minimum absolute atomic E-state index is 0.626. The van der Waals surface area contributed by atoms with Gasteiger partial charge in [-0.25, -0.2) is 0 Å². The summed E-state index contributed by atoms with van der Waals surface area (Å²) in [4.78, 5) is 0. The van der Waals surface area contributed by atoms with Crippen LogP contribution in [-0.4, -0.2) is 13.1 Å². The lowest BCUT2D eigenvalue weighted by Crippen LogP contribution is -2.38. The fourth-order valence-electron chi connectivity index (χ4n) is 3.25. The van der Waals surface area contributed by atoms with Crippen molar-refractivity contribution in [3.8, 4) is 0 Å². The minimum Gasteiger partial charge on any atom is -0.316 e. The maximum Gasteiger partial charge on any atom is 0.000802 e. The second-order valence-corrected chi connectivity index (χ2v) is 6.68. The van der Waals surface area contributed by atoms with Crippen molar-refractivity contribution in [2.75, 3.05) is 13.1 Å². The molecule has 0 spiro atoms. The molecule has 0 atom stereocenters. The van der Waals surface area contributed by atoms with Gasteiger partial charge in [0.1, 0.15) is 0 Å². The zero-order chi connectivity index (χ0) is 12.0. The van der Waals surface area contributed by atoms with Crippen molar-refractivity contribution in [1.29, 1.82) is 0 Å². The van der Waals surface area contributed by atoms with Gasteiger partial charge in [-0.3, -0.25) is 0 Å². The summed E-state index contributed by atoms with van der Waals surface area (Å²) < 4.78 is 0. The highest BCUT2D eigenvalue weighted by atomic mass is 14.9. The Morgan fingerprint density at radius 1 is 0.938 bits per heavy atom. The first kappa shape index (κ1) is 14.0. The van der Waals surface area contributed by atoms with E-state index in [1.165, 1.54) is 51.6 Å². The number of hydrogen-bond donors (Lipinski definition) is 1. The maximum absolute atomic E-state index is 3.70. The predicted octanol–water partition coefficient (Wildman–Crippen LogP) is 4.23. The molecule has 1 heteroatoms. The Morgan fingerprint density at radius 2 is 1.56 bits per heavy atom. The van der Waals surface area contributed by atoms with Gasteiger partial charge < -0.3 is 5.32 Å². The number of hydrogen-bond acceptors (Lipinski definition) is 1.